The molecular formula is C95H106N20O10. The van der Waals surface area contributed by atoms with Crippen LogP contribution in [0.25, 0.3) is 50.6 Å². The van der Waals surface area contributed by atoms with E-state index < -0.39 is 16.8 Å². The Morgan fingerprint density at radius 1 is 0.488 bits per heavy atom. The largest absolute Gasteiger partial charge is 0.466 e. The highest BCUT2D eigenvalue weighted by Crippen LogP contribution is 2.45. The van der Waals surface area contributed by atoms with E-state index >= 15 is 0 Å². The number of anilines is 6. The number of allylic oxidation sites excluding steroid dienone is 3. The van der Waals surface area contributed by atoms with E-state index in [0.29, 0.717) is 162 Å². The molecule has 1 aliphatic heterocycles. The van der Waals surface area contributed by atoms with E-state index in [-0.39, 0.29) is 73.7 Å². The van der Waals surface area contributed by atoms with Gasteiger partial charge in [-0.05, 0) is 249 Å². The van der Waals surface area contributed by atoms with Gasteiger partial charge in [0.05, 0.1) is 61.9 Å². The number of carbonyl (C=O) groups is 2. The summed E-state index contributed by atoms with van der Waals surface area (Å²) in [5.41, 5.74) is 5.84. The standard InChI is InChI=1S/C32H35N7O4.C32H36N6O4.C30H31N7O2.CH4/c1-2-17-38-29(40)25-20-33-30(36-28(25)39(38)27-6-3-5-26(35-27)32(42)15-4-16-32)34-23-11-7-21(8-12-23)22-9-13-24(14-10-22)37-18-19-43-31(37)41;1-3-19-37-29(39)25-20-33-31(36-28(25)38(37)27-8-5-7-26(35-27)32(41)17-6-18-32)34-24-15-13-22(14-16-24)21-9-11-23(12-10-21)30(40)42-4-2;1-2-17-36-28(38)24-19-32-29(33-23-13-11-22(12-14-23)21-9-7-20(18-31)8-10-21)35-27(24)37(36)26-6-3-5-25(34-26)30(39)15-4-16-30;/h2-3,5-8,11-12,20,22,24,42H,1,4,9-10,13-19H2,(H,33,34,36);3,5,7-8,13-16,20-21,23,41H,1,4,6,9-12,17-19H2,2H3,(H,33,34,36);2-3,5-6,11-14,19-21,39H,1,4,7-10,15-17H2,(H,32,33,35);1H4. The van der Waals surface area contributed by atoms with Crippen molar-refractivity contribution < 1.29 is 34.4 Å². The molecule has 0 spiro atoms. The lowest BCUT2D eigenvalue weighted by Gasteiger charge is -2.36. The zero-order valence-corrected chi connectivity index (χ0v) is 69.6. The summed E-state index contributed by atoms with van der Waals surface area (Å²) >= 11 is 0. The molecule has 1 amide bonds. The van der Waals surface area contributed by atoms with Gasteiger partial charge in [-0.15, -0.1) is 19.7 Å². The molecule has 0 unspecified atom stereocenters. The number of cyclic esters (lactones) is 1. The third-order valence-corrected chi connectivity index (χ3v) is 25.9. The summed E-state index contributed by atoms with van der Waals surface area (Å²) in [6, 6.07) is 43.9. The van der Waals surface area contributed by atoms with Crippen LogP contribution in [0.15, 0.2) is 198 Å². The maximum absolute atomic E-state index is 13.3. The first-order chi connectivity index (χ1) is 60.3. The number of ether oxygens (including phenoxy) is 2. The first-order valence-electron chi connectivity index (χ1n) is 43.3. The summed E-state index contributed by atoms with van der Waals surface area (Å²) in [4.78, 5) is 107. The SMILES string of the molecule is C.C=CCn1c(=O)c2cnc(Nc3ccc(C4CCC(C#N)CC4)cc3)nc2n1-c1cccc(C2(O)CCC2)n1.C=CCn1c(=O)c2cnc(Nc3ccc(C4CCC(C(=O)OCC)CC4)cc3)nc2n1-c1cccc(C2(O)CCC2)n1.C=CCn1c(=O)c2cnc(Nc3ccc(C4CCC(N5CCOC5=O)CC4)cc3)nc2n1-c1cccc(C2(O)CCC2)n1. The topological polar surface area (TPSA) is 373 Å². The third-order valence-electron chi connectivity index (χ3n) is 25.9. The maximum atomic E-state index is 13.3. The fraction of sp³-hybridized carbons (Fsp3) is 0.400. The molecule has 6 aliphatic carbocycles. The number of nitrogens with zero attached hydrogens (tertiary/aromatic N) is 17. The highest BCUT2D eigenvalue weighted by molar-refractivity contribution is 5.80. The van der Waals surface area contributed by atoms with Gasteiger partial charge >= 0.3 is 12.1 Å². The van der Waals surface area contributed by atoms with Gasteiger partial charge in [0.1, 0.15) is 39.6 Å². The zero-order valence-electron chi connectivity index (χ0n) is 69.6. The van der Waals surface area contributed by atoms with Crippen LogP contribution in [-0.2, 0) is 50.7 Å². The minimum Gasteiger partial charge on any atom is -0.466 e. The van der Waals surface area contributed by atoms with Gasteiger partial charge in [-0.1, -0.05) is 80.3 Å². The molecule has 7 fully saturated rings. The number of aliphatic hydroxyl groups is 3. The number of esters is 1. The molecule has 6 saturated carbocycles. The van der Waals surface area contributed by atoms with Crippen molar-refractivity contribution in [3.8, 4) is 23.5 Å². The molecule has 7 aliphatic rings. The van der Waals surface area contributed by atoms with Crippen LogP contribution >= 0.6 is 0 Å². The molecule has 9 aromatic heterocycles. The van der Waals surface area contributed by atoms with Gasteiger partial charge in [-0.25, -0.2) is 62.8 Å². The van der Waals surface area contributed by atoms with E-state index in [4.69, 9.17) is 44.6 Å². The quantitative estimate of drug-likeness (QED) is 0.0242. The minimum absolute atomic E-state index is 0. The minimum atomic E-state index is -0.934. The van der Waals surface area contributed by atoms with Gasteiger partial charge in [-0.3, -0.25) is 19.2 Å². The molecule has 1 saturated heterocycles. The Morgan fingerprint density at radius 2 is 0.824 bits per heavy atom. The lowest BCUT2D eigenvalue weighted by molar-refractivity contribution is -0.149. The number of carbonyl (C=O) groups excluding carboxylic acids is 2. The van der Waals surface area contributed by atoms with Crippen LogP contribution < -0.4 is 32.6 Å². The summed E-state index contributed by atoms with van der Waals surface area (Å²) in [6.45, 7) is 15.7. The lowest BCUT2D eigenvalue weighted by atomic mass is 9.77. The van der Waals surface area contributed by atoms with Gasteiger partial charge in [0.25, 0.3) is 16.7 Å². The van der Waals surface area contributed by atoms with Crippen molar-refractivity contribution in [3.63, 3.8) is 0 Å². The highest BCUT2D eigenvalue weighted by Gasteiger charge is 2.41. The molecule has 30 heteroatoms. The first-order valence-corrected chi connectivity index (χ1v) is 43.3. The molecule has 10 heterocycles. The van der Waals surface area contributed by atoms with Crippen molar-refractivity contribution in [2.75, 3.05) is 35.7 Å². The van der Waals surface area contributed by atoms with Crippen LogP contribution in [0.1, 0.15) is 201 Å². The number of rotatable bonds is 24. The van der Waals surface area contributed by atoms with E-state index in [9.17, 15) is 39.3 Å². The molecule has 30 nitrogen and oxygen atoms in total. The third kappa shape index (κ3) is 17.5. The zero-order chi connectivity index (χ0) is 85.8. The summed E-state index contributed by atoms with van der Waals surface area (Å²) < 4.78 is 19.9. The second kappa shape index (κ2) is 36.7. The van der Waals surface area contributed by atoms with Crippen LogP contribution in [0.4, 0.5) is 39.7 Å². The maximum Gasteiger partial charge on any atom is 0.410 e. The summed E-state index contributed by atoms with van der Waals surface area (Å²) in [6.07, 6.45) is 27.9. The van der Waals surface area contributed by atoms with Gasteiger partial charge in [0, 0.05) is 47.6 Å². The molecule has 3 aromatic carbocycles. The van der Waals surface area contributed by atoms with E-state index in [0.717, 1.165) is 113 Å². The Morgan fingerprint density at radius 3 is 1.12 bits per heavy atom. The second-order valence-electron chi connectivity index (χ2n) is 33.6. The molecular weight excluding hydrogens is 1580 g/mol. The molecule has 12 aromatic rings. The van der Waals surface area contributed by atoms with Crippen LogP contribution in [0.5, 0.6) is 0 Å². The van der Waals surface area contributed by atoms with Crippen LogP contribution in [0, 0.1) is 23.2 Å². The molecule has 6 N–H and O–H groups in total. The van der Waals surface area contributed by atoms with Crippen molar-refractivity contribution in [3.05, 3.63) is 249 Å². The van der Waals surface area contributed by atoms with Crippen LogP contribution in [-0.4, -0.2) is 131 Å². The number of benzene rings is 3. The van der Waals surface area contributed by atoms with E-state index in [1.54, 1.807) is 38.3 Å². The molecule has 0 bridgehead atoms. The van der Waals surface area contributed by atoms with Gasteiger partial charge < -0.3 is 45.6 Å². The summed E-state index contributed by atoms with van der Waals surface area (Å²) in [7, 11) is 0. The van der Waals surface area contributed by atoms with Crippen LogP contribution in [0.2, 0.25) is 0 Å². The summed E-state index contributed by atoms with van der Waals surface area (Å²) in [5, 5.41) is 52.8. The van der Waals surface area contributed by atoms with Gasteiger partial charge in [-0.2, -0.15) is 20.2 Å². The average Bonchev–Trinajstić information content (AvgIpc) is 1.61. The number of pyridine rings is 3. The van der Waals surface area contributed by atoms with Crippen molar-refractivity contribution in [1.82, 2.24) is 77.8 Å². The Kier molecular flexibility index (Phi) is 25.1. The number of hydrogen-bond acceptors (Lipinski definition) is 23. The molecule has 0 radical (unpaired) electrons. The Labute approximate surface area is 723 Å². The van der Waals surface area contributed by atoms with Crippen molar-refractivity contribution in [2.24, 2.45) is 11.8 Å². The van der Waals surface area contributed by atoms with Crippen molar-refractivity contribution >= 4 is 80.1 Å². The monoisotopic (exact) mass is 1690 g/mol. The fourth-order valence-electron chi connectivity index (χ4n) is 18.4. The molecule has 0 atom stereocenters. The number of fused-ring (bicyclic) bond motifs is 3. The van der Waals surface area contributed by atoms with Gasteiger partial charge in [0.15, 0.2) is 34.4 Å². The Bertz CT molecular complexity index is 6200. The normalized spacial score (nSPS) is 20.3. The van der Waals surface area contributed by atoms with E-state index in [1.807, 2.05) is 96.8 Å². The Hall–Kier alpha value is -13.1. The van der Waals surface area contributed by atoms with E-state index in [1.165, 1.54) is 49.3 Å². The van der Waals surface area contributed by atoms with Gasteiger partial charge in [0.2, 0.25) is 17.8 Å². The molecule has 646 valence electrons. The number of aromatic nitrogens is 15. The number of hydrogen-bond donors (Lipinski definition) is 6. The number of amides is 1. The van der Waals surface area contributed by atoms with E-state index in [2.05, 4.69) is 93.1 Å². The predicted octanol–water partition coefficient (Wildman–Crippen LogP) is 15.6. The van der Waals surface area contributed by atoms with Crippen LogP contribution in [0.3, 0.4) is 0 Å². The number of nitrogens with one attached hydrogen (secondary N) is 3. The van der Waals surface area contributed by atoms with Crippen molar-refractivity contribution in [2.45, 2.75) is 209 Å². The highest BCUT2D eigenvalue weighted by atomic mass is 16.6. The average molecular weight is 1690 g/mol. The smallest absolute Gasteiger partial charge is 0.410 e. The van der Waals surface area contributed by atoms with Crippen molar-refractivity contribution in [1.29, 1.82) is 5.26 Å². The Balaban J connectivity index is 0.000000138. The number of nitriles is 1. The summed E-state index contributed by atoms with van der Waals surface area (Å²) in [5.74, 6) is 4.04. The fourth-order valence-corrected chi connectivity index (χ4v) is 18.4. The second-order valence-corrected chi connectivity index (χ2v) is 33.6. The lowest BCUT2D eigenvalue weighted by Crippen LogP contribution is -2.38. The first kappa shape index (κ1) is 85.5. The molecule has 125 heavy (non-hydrogen) atoms. The predicted molar refractivity (Wildman–Crippen MR) is 477 cm³/mol. The molecule has 19 rings (SSSR count).